The number of carboxylic acid groups (broad SMARTS) is 1. The summed E-state index contributed by atoms with van der Waals surface area (Å²) in [6.07, 6.45) is 10.4. The Labute approximate surface area is 155 Å². The fourth-order valence-corrected chi connectivity index (χ4v) is 3.88. The number of nitrogens with zero attached hydrogens (tertiary/aromatic N) is 2. The maximum Gasteiger partial charge on any atom is 0.338 e. The Bertz CT molecular complexity index is 764. The lowest BCUT2D eigenvalue weighted by Gasteiger charge is -2.17. The van der Waals surface area contributed by atoms with E-state index in [9.17, 15) is 14.7 Å². The zero-order valence-electron chi connectivity index (χ0n) is 16.1. The first kappa shape index (κ1) is 20.1. The molecule has 0 aliphatic rings. The molecule has 2 heterocycles. The average Bonchev–Trinajstić information content (AvgIpc) is 2.98. The van der Waals surface area contributed by atoms with Gasteiger partial charge in [0.05, 0.1) is 11.3 Å². The number of hydrogen-bond acceptors (Lipinski definition) is 3. The van der Waals surface area contributed by atoms with Crippen LogP contribution in [0.25, 0.3) is 11.0 Å². The third kappa shape index (κ3) is 3.97. The lowest BCUT2D eigenvalue weighted by molar-refractivity contribution is 0.0695. The zero-order valence-corrected chi connectivity index (χ0v) is 16.1. The van der Waals surface area contributed by atoms with Crippen LogP contribution in [0.3, 0.4) is 0 Å². The highest BCUT2D eigenvalue weighted by Crippen LogP contribution is 2.35. The number of unbranched alkanes of at least 4 members (excludes halogenated alkanes) is 4. The topological polar surface area (TPSA) is 72.2 Å². The molecule has 1 unspecified atom stereocenters. The van der Waals surface area contributed by atoms with Crippen molar-refractivity contribution in [2.24, 2.45) is 0 Å². The first-order chi connectivity index (χ1) is 12.6. The SMILES string of the molecule is CCCCCCCC(CC)c1ccnc2c1c(C(=O)O)c(C=O)n2CC. The van der Waals surface area contributed by atoms with E-state index in [1.165, 1.54) is 25.7 Å². The van der Waals surface area contributed by atoms with E-state index in [2.05, 4.69) is 18.8 Å². The Kier molecular flexibility index (Phi) is 7.37. The number of hydrogen-bond donors (Lipinski definition) is 1. The number of carbonyl (C=O) groups excluding carboxylic acids is 1. The first-order valence-corrected chi connectivity index (χ1v) is 9.80. The quantitative estimate of drug-likeness (QED) is 0.430. The van der Waals surface area contributed by atoms with Crippen molar-refractivity contribution in [3.8, 4) is 0 Å². The van der Waals surface area contributed by atoms with Gasteiger partial charge in [0.15, 0.2) is 6.29 Å². The summed E-state index contributed by atoms with van der Waals surface area (Å²) in [5.41, 5.74) is 1.94. The monoisotopic (exact) mass is 358 g/mol. The number of fused-ring (bicyclic) bond motifs is 1. The number of carbonyl (C=O) groups is 2. The second-order valence-electron chi connectivity index (χ2n) is 6.83. The van der Waals surface area contributed by atoms with Crippen LogP contribution in [-0.4, -0.2) is 26.9 Å². The van der Waals surface area contributed by atoms with E-state index in [1.54, 1.807) is 10.8 Å². The van der Waals surface area contributed by atoms with Gasteiger partial charge < -0.3 is 9.67 Å². The van der Waals surface area contributed by atoms with E-state index >= 15 is 0 Å². The zero-order chi connectivity index (χ0) is 19.1. The van der Waals surface area contributed by atoms with Gasteiger partial charge in [0.1, 0.15) is 5.65 Å². The molecule has 0 aliphatic carbocycles. The summed E-state index contributed by atoms with van der Waals surface area (Å²) in [6, 6.07) is 1.93. The molecular formula is C21H30N2O3. The second-order valence-corrected chi connectivity index (χ2v) is 6.83. The van der Waals surface area contributed by atoms with E-state index in [4.69, 9.17) is 0 Å². The van der Waals surface area contributed by atoms with Crippen LogP contribution >= 0.6 is 0 Å². The van der Waals surface area contributed by atoms with Gasteiger partial charge in [0.25, 0.3) is 0 Å². The van der Waals surface area contributed by atoms with Crippen molar-refractivity contribution in [1.29, 1.82) is 0 Å². The summed E-state index contributed by atoms with van der Waals surface area (Å²) in [6.45, 7) is 6.76. The number of rotatable bonds is 11. The summed E-state index contributed by atoms with van der Waals surface area (Å²) in [4.78, 5) is 27.9. The summed E-state index contributed by atoms with van der Waals surface area (Å²) in [5, 5.41) is 10.4. The Balaban J connectivity index is 2.47. The molecule has 0 spiro atoms. The van der Waals surface area contributed by atoms with Crippen LogP contribution in [0.15, 0.2) is 12.3 Å². The Morgan fingerprint density at radius 3 is 2.54 bits per heavy atom. The van der Waals surface area contributed by atoms with Crippen LogP contribution < -0.4 is 0 Å². The van der Waals surface area contributed by atoms with Gasteiger partial charge in [-0.05, 0) is 37.3 Å². The Morgan fingerprint density at radius 1 is 1.23 bits per heavy atom. The fraction of sp³-hybridized carbons (Fsp3) is 0.571. The number of aldehydes is 1. The normalized spacial score (nSPS) is 12.4. The molecule has 1 N–H and O–H groups in total. The third-order valence-corrected chi connectivity index (χ3v) is 5.25. The van der Waals surface area contributed by atoms with Crippen molar-refractivity contribution < 1.29 is 14.7 Å². The average molecular weight is 358 g/mol. The maximum atomic E-state index is 11.9. The van der Waals surface area contributed by atoms with E-state index in [0.29, 0.717) is 23.9 Å². The largest absolute Gasteiger partial charge is 0.478 e. The molecule has 2 aromatic rings. The van der Waals surface area contributed by atoms with E-state index in [-0.39, 0.29) is 17.2 Å². The number of aryl methyl sites for hydroxylation is 1. The van der Waals surface area contributed by atoms with Crippen molar-refractivity contribution >= 4 is 23.3 Å². The van der Waals surface area contributed by atoms with Crippen molar-refractivity contribution in [3.05, 3.63) is 29.1 Å². The summed E-state index contributed by atoms with van der Waals surface area (Å²) in [5.74, 6) is -0.774. The van der Waals surface area contributed by atoms with Gasteiger partial charge in [0, 0.05) is 18.1 Å². The summed E-state index contributed by atoms with van der Waals surface area (Å²) in [7, 11) is 0. The van der Waals surface area contributed by atoms with Crippen molar-refractivity contribution in [2.75, 3.05) is 0 Å². The van der Waals surface area contributed by atoms with Crippen LogP contribution in [0.1, 0.15) is 98.0 Å². The molecule has 0 saturated heterocycles. The third-order valence-electron chi connectivity index (χ3n) is 5.25. The molecule has 5 heteroatoms. The predicted octanol–water partition coefficient (Wildman–Crippen LogP) is 5.42. The molecule has 26 heavy (non-hydrogen) atoms. The molecule has 2 rings (SSSR count). The lowest BCUT2D eigenvalue weighted by Crippen LogP contribution is -2.05. The highest BCUT2D eigenvalue weighted by molar-refractivity contribution is 6.10. The van der Waals surface area contributed by atoms with Crippen LogP contribution in [0.2, 0.25) is 0 Å². The minimum atomic E-state index is -1.06. The predicted molar refractivity (Wildman–Crippen MR) is 104 cm³/mol. The lowest BCUT2D eigenvalue weighted by atomic mass is 9.88. The summed E-state index contributed by atoms with van der Waals surface area (Å²) >= 11 is 0. The molecule has 0 amide bonds. The van der Waals surface area contributed by atoms with Crippen LogP contribution in [0, 0.1) is 0 Å². The van der Waals surface area contributed by atoms with Gasteiger partial charge in [-0.15, -0.1) is 0 Å². The first-order valence-electron chi connectivity index (χ1n) is 9.80. The van der Waals surface area contributed by atoms with Gasteiger partial charge in [0.2, 0.25) is 0 Å². The highest BCUT2D eigenvalue weighted by Gasteiger charge is 2.26. The number of aromatic nitrogens is 2. The molecule has 0 saturated carbocycles. The molecule has 2 aromatic heterocycles. The number of carboxylic acids is 1. The van der Waals surface area contributed by atoms with Gasteiger partial charge in [-0.1, -0.05) is 46.0 Å². The molecule has 0 aromatic carbocycles. The fourth-order valence-electron chi connectivity index (χ4n) is 3.88. The molecule has 142 valence electrons. The molecule has 1 atom stereocenters. The van der Waals surface area contributed by atoms with Gasteiger partial charge >= 0.3 is 5.97 Å². The minimum Gasteiger partial charge on any atom is -0.478 e. The Morgan fingerprint density at radius 2 is 1.96 bits per heavy atom. The van der Waals surface area contributed by atoms with Crippen LogP contribution in [-0.2, 0) is 6.54 Å². The standard InChI is InChI=1S/C21H30N2O3/c1-4-7-8-9-10-11-15(5-2)16-12-13-22-20-18(16)19(21(25)26)17(14-24)23(20)6-3/h12-15H,4-11H2,1-3H3,(H,25,26). The molecule has 0 radical (unpaired) electrons. The van der Waals surface area contributed by atoms with Crippen LogP contribution in [0.4, 0.5) is 0 Å². The molecule has 5 nitrogen and oxygen atoms in total. The minimum absolute atomic E-state index is 0.101. The van der Waals surface area contributed by atoms with Gasteiger partial charge in [-0.25, -0.2) is 9.78 Å². The van der Waals surface area contributed by atoms with E-state index < -0.39 is 5.97 Å². The molecule has 0 aliphatic heterocycles. The second kappa shape index (κ2) is 9.51. The van der Waals surface area contributed by atoms with Crippen molar-refractivity contribution in [1.82, 2.24) is 9.55 Å². The number of aromatic carboxylic acids is 1. The van der Waals surface area contributed by atoms with Gasteiger partial charge in [-0.3, -0.25) is 4.79 Å². The van der Waals surface area contributed by atoms with Crippen molar-refractivity contribution in [2.45, 2.75) is 78.2 Å². The molecule has 0 bridgehead atoms. The molecular weight excluding hydrogens is 328 g/mol. The van der Waals surface area contributed by atoms with E-state index in [0.717, 1.165) is 24.8 Å². The van der Waals surface area contributed by atoms with Gasteiger partial charge in [-0.2, -0.15) is 0 Å². The van der Waals surface area contributed by atoms with Crippen molar-refractivity contribution in [3.63, 3.8) is 0 Å². The maximum absolute atomic E-state index is 11.9. The smallest absolute Gasteiger partial charge is 0.338 e. The Hall–Kier alpha value is -2.17. The molecule has 0 fully saturated rings. The number of pyridine rings is 1. The van der Waals surface area contributed by atoms with E-state index in [1.807, 2.05) is 13.0 Å². The highest BCUT2D eigenvalue weighted by atomic mass is 16.4. The summed E-state index contributed by atoms with van der Waals surface area (Å²) < 4.78 is 1.71. The van der Waals surface area contributed by atoms with Crippen LogP contribution in [0.5, 0.6) is 0 Å².